The van der Waals surface area contributed by atoms with Crippen LogP contribution in [-0.2, 0) is 0 Å². The van der Waals surface area contributed by atoms with Crippen molar-refractivity contribution in [1.29, 1.82) is 0 Å². The molecular weight excluding hydrogens is 583 g/mol. The Morgan fingerprint density at radius 3 is 1.69 bits per heavy atom. The van der Waals surface area contributed by atoms with E-state index in [4.69, 9.17) is 4.42 Å². The van der Waals surface area contributed by atoms with Gasteiger partial charge in [-0.3, -0.25) is 0 Å². The largest absolute Gasteiger partial charge is 0.454 e. The van der Waals surface area contributed by atoms with E-state index >= 15 is 0 Å². The van der Waals surface area contributed by atoms with Crippen LogP contribution in [0.15, 0.2) is 192 Å². The normalized spacial score (nSPS) is 11.3. The highest BCUT2D eigenvalue weighted by Gasteiger charge is 2.21. The molecule has 0 N–H and O–H groups in total. The van der Waals surface area contributed by atoms with E-state index in [1.807, 2.05) is 12.1 Å². The fourth-order valence-corrected chi connectivity index (χ4v) is 6.96. The molecule has 0 saturated heterocycles. The van der Waals surface area contributed by atoms with Crippen molar-refractivity contribution in [2.45, 2.75) is 0 Å². The van der Waals surface area contributed by atoms with Gasteiger partial charge in [-0.2, -0.15) is 0 Å². The number of benzene rings is 8. The lowest BCUT2D eigenvalue weighted by atomic mass is 9.96. The average Bonchev–Trinajstić information content (AvgIpc) is 3.55. The van der Waals surface area contributed by atoms with Crippen LogP contribution < -0.4 is 4.90 Å². The van der Waals surface area contributed by atoms with Crippen molar-refractivity contribution in [3.8, 4) is 33.4 Å². The monoisotopic (exact) mass is 613 g/mol. The highest BCUT2D eigenvalue weighted by molar-refractivity contribution is 6.10. The minimum absolute atomic E-state index is 0.862. The second-order valence-corrected chi connectivity index (χ2v) is 12.2. The average molecular weight is 614 g/mol. The quantitative estimate of drug-likeness (QED) is 0.185. The van der Waals surface area contributed by atoms with E-state index in [9.17, 15) is 0 Å². The van der Waals surface area contributed by atoms with Gasteiger partial charge in [0.25, 0.3) is 0 Å². The second kappa shape index (κ2) is 11.8. The van der Waals surface area contributed by atoms with E-state index in [0.29, 0.717) is 0 Å². The molecule has 9 rings (SSSR count). The van der Waals surface area contributed by atoms with Gasteiger partial charge in [0.05, 0.1) is 5.69 Å². The molecule has 2 nitrogen and oxygen atoms in total. The number of hydrogen-bond acceptors (Lipinski definition) is 2. The standard InChI is InChI=1S/C46H31NO/c1-3-14-32(15-4-1)36-28-37(33-16-5-2-6-17-33)31-39(30-36)47(44-26-13-25-43-42-23-9-10-27-45(42)48-46(43)44)38-21-11-20-35(29-38)41-24-12-19-34-18-7-8-22-40(34)41/h1-31H. The summed E-state index contributed by atoms with van der Waals surface area (Å²) in [5.41, 5.74) is 11.9. The second-order valence-electron chi connectivity index (χ2n) is 12.2. The fraction of sp³-hybridized carbons (Fsp3) is 0. The van der Waals surface area contributed by atoms with Crippen molar-refractivity contribution in [2.75, 3.05) is 4.90 Å². The summed E-state index contributed by atoms with van der Waals surface area (Å²) in [6.07, 6.45) is 0. The number of para-hydroxylation sites is 2. The predicted octanol–water partition coefficient (Wildman–Crippen LogP) is 13.2. The molecule has 0 aliphatic carbocycles. The van der Waals surface area contributed by atoms with Gasteiger partial charge in [-0.05, 0) is 86.6 Å². The van der Waals surface area contributed by atoms with Gasteiger partial charge in [0.15, 0.2) is 5.58 Å². The van der Waals surface area contributed by atoms with Crippen LogP contribution in [0, 0.1) is 0 Å². The molecule has 0 amide bonds. The molecule has 0 aliphatic heterocycles. The first kappa shape index (κ1) is 27.9. The molecule has 0 saturated carbocycles. The van der Waals surface area contributed by atoms with Crippen LogP contribution in [0.5, 0.6) is 0 Å². The maximum atomic E-state index is 6.67. The number of nitrogens with zero attached hydrogens (tertiary/aromatic N) is 1. The number of rotatable bonds is 6. The zero-order valence-corrected chi connectivity index (χ0v) is 26.3. The van der Waals surface area contributed by atoms with Crippen molar-refractivity contribution in [1.82, 2.24) is 0 Å². The summed E-state index contributed by atoms with van der Waals surface area (Å²) < 4.78 is 6.67. The van der Waals surface area contributed by atoms with Crippen molar-refractivity contribution in [3.63, 3.8) is 0 Å². The Morgan fingerprint density at radius 1 is 0.354 bits per heavy atom. The first-order valence-electron chi connectivity index (χ1n) is 16.3. The third-order valence-electron chi connectivity index (χ3n) is 9.22. The zero-order valence-electron chi connectivity index (χ0n) is 26.3. The molecule has 0 aliphatic rings. The number of fused-ring (bicyclic) bond motifs is 4. The van der Waals surface area contributed by atoms with Gasteiger partial charge in [-0.1, -0.05) is 146 Å². The number of anilines is 3. The highest BCUT2D eigenvalue weighted by Crippen LogP contribution is 2.45. The molecule has 2 heteroatoms. The van der Waals surface area contributed by atoms with Gasteiger partial charge < -0.3 is 9.32 Å². The van der Waals surface area contributed by atoms with Crippen LogP contribution in [0.3, 0.4) is 0 Å². The lowest BCUT2D eigenvalue weighted by Gasteiger charge is -2.27. The Bertz CT molecular complexity index is 2500. The Balaban J connectivity index is 1.33. The topological polar surface area (TPSA) is 16.4 Å². The Labute approximate surface area is 279 Å². The molecule has 0 fully saturated rings. The van der Waals surface area contributed by atoms with E-state index in [0.717, 1.165) is 55.7 Å². The number of furan rings is 1. The molecule has 1 heterocycles. The first-order chi connectivity index (χ1) is 23.8. The van der Waals surface area contributed by atoms with Gasteiger partial charge in [-0.25, -0.2) is 0 Å². The van der Waals surface area contributed by atoms with Gasteiger partial charge >= 0.3 is 0 Å². The molecule has 48 heavy (non-hydrogen) atoms. The summed E-state index contributed by atoms with van der Waals surface area (Å²) in [6, 6.07) is 66.9. The minimum Gasteiger partial charge on any atom is -0.454 e. The van der Waals surface area contributed by atoms with Crippen LogP contribution in [-0.4, -0.2) is 0 Å². The summed E-state index contributed by atoms with van der Waals surface area (Å²) in [4.78, 5) is 2.36. The van der Waals surface area contributed by atoms with Crippen molar-refractivity contribution >= 4 is 49.8 Å². The maximum absolute atomic E-state index is 6.67. The van der Waals surface area contributed by atoms with E-state index in [2.05, 4.69) is 181 Å². The van der Waals surface area contributed by atoms with Crippen LogP contribution in [0.2, 0.25) is 0 Å². The van der Waals surface area contributed by atoms with Crippen molar-refractivity contribution in [3.05, 3.63) is 188 Å². The van der Waals surface area contributed by atoms with Gasteiger partial charge in [0.1, 0.15) is 5.58 Å². The van der Waals surface area contributed by atoms with E-state index in [1.54, 1.807) is 0 Å². The third kappa shape index (κ3) is 4.92. The molecule has 0 unspecified atom stereocenters. The molecule has 226 valence electrons. The maximum Gasteiger partial charge on any atom is 0.159 e. The summed E-state index contributed by atoms with van der Waals surface area (Å²) in [7, 11) is 0. The summed E-state index contributed by atoms with van der Waals surface area (Å²) in [5.74, 6) is 0. The SMILES string of the molecule is c1ccc(-c2cc(-c3ccccc3)cc(N(c3cccc(-c4cccc5ccccc45)c3)c3cccc4c3oc3ccccc34)c2)cc1. The molecule has 0 spiro atoms. The van der Waals surface area contributed by atoms with Crippen LogP contribution >= 0.6 is 0 Å². The summed E-state index contributed by atoms with van der Waals surface area (Å²) >= 11 is 0. The minimum atomic E-state index is 0.862. The van der Waals surface area contributed by atoms with E-state index in [-0.39, 0.29) is 0 Å². The summed E-state index contributed by atoms with van der Waals surface area (Å²) in [6.45, 7) is 0. The third-order valence-corrected chi connectivity index (χ3v) is 9.22. The van der Waals surface area contributed by atoms with E-state index in [1.165, 1.54) is 27.5 Å². The molecule has 9 aromatic rings. The lowest BCUT2D eigenvalue weighted by molar-refractivity contribution is 0.669. The van der Waals surface area contributed by atoms with Gasteiger partial charge in [0.2, 0.25) is 0 Å². The molecule has 0 bridgehead atoms. The molecule has 1 aromatic heterocycles. The lowest BCUT2D eigenvalue weighted by Crippen LogP contribution is -2.11. The van der Waals surface area contributed by atoms with Crippen molar-refractivity contribution < 1.29 is 4.42 Å². The first-order valence-corrected chi connectivity index (χ1v) is 16.3. The zero-order chi connectivity index (χ0) is 31.9. The van der Waals surface area contributed by atoms with Crippen molar-refractivity contribution in [2.24, 2.45) is 0 Å². The van der Waals surface area contributed by atoms with Crippen LogP contribution in [0.1, 0.15) is 0 Å². The van der Waals surface area contributed by atoms with Gasteiger partial charge in [-0.15, -0.1) is 0 Å². The highest BCUT2D eigenvalue weighted by atomic mass is 16.3. The Morgan fingerprint density at radius 2 is 0.917 bits per heavy atom. The smallest absolute Gasteiger partial charge is 0.159 e. The molecule has 8 aromatic carbocycles. The van der Waals surface area contributed by atoms with Crippen LogP contribution in [0.25, 0.3) is 66.1 Å². The Hall–Kier alpha value is -6.38. The van der Waals surface area contributed by atoms with E-state index < -0.39 is 0 Å². The number of hydrogen-bond donors (Lipinski definition) is 0. The molecule has 0 atom stereocenters. The van der Waals surface area contributed by atoms with Gasteiger partial charge in [0, 0.05) is 22.1 Å². The molecule has 0 radical (unpaired) electrons. The Kier molecular flexibility index (Phi) is 6.84. The molecular formula is C46H31NO. The predicted molar refractivity (Wildman–Crippen MR) is 202 cm³/mol. The van der Waals surface area contributed by atoms with Crippen LogP contribution in [0.4, 0.5) is 17.1 Å². The fourth-order valence-electron chi connectivity index (χ4n) is 6.96. The summed E-state index contributed by atoms with van der Waals surface area (Å²) in [5, 5.41) is 4.68.